The van der Waals surface area contributed by atoms with Crippen molar-refractivity contribution in [2.45, 2.75) is 6.42 Å². The summed E-state index contributed by atoms with van der Waals surface area (Å²) < 4.78 is 5.11. The van der Waals surface area contributed by atoms with Gasteiger partial charge in [0.1, 0.15) is 0 Å². The van der Waals surface area contributed by atoms with Crippen molar-refractivity contribution < 1.29 is 14.1 Å². The predicted molar refractivity (Wildman–Crippen MR) is 73.8 cm³/mol. The van der Waals surface area contributed by atoms with E-state index in [0.29, 0.717) is 12.3 Å². The number of rotatable bonds is 5. The number of anilines is 1. The molecule has 0 radical (unpaired) electrons. The number of aromatic nitrogens is 2. The molecular weight excluding hydrogens is 266 g/mol. The van der Waals surface area contributed by atoms with Crippen LogP contribution in [0.15, 0.2) is 10.7 Å². The number of hydrogen-bond acceptors (Lipinski definition) is 6. The lowest BCUT2D eigenvalue weighted by Crippen LogP contribution is -2.64. The molecule has 2 heterocycles. The second-order valence-electron chi connectivity index (χ2n) is 4.53. The third-order valence-corrected chi connectivity index (χ3v) is 3.63. The lowest BCUT2D eigenvalue weighted by molar-refractivity contribution is -0.759. The van der Waals surface area contributed by atoms with E-state index in [0.717, 1.165) is 31.9 Å². The first-order valence-electron chi connectivity index (χ1n) is 6.30. The number of nitrogens with one attached hydrogen (secondary N) is 1. The number of thioether (sulfide) groups is 1. The van der Waals surface area contributed by atoms with E-state index in [1.165, 1.54) is 0 Å². The second kappa shape index (κ2) is 6.76. The van der Waals surface area contributed by atoms with Gasteiger partial charge in [-0.2, -0.15) is 16.8 Å². The quantitative estimate of drug-likeness (QED) is 0.739. The number of likely N-dealkylation sites (N-methyl/N-ethyl adjacent to an activating group) is 1. The molecule has 1 aromatic rings. The zero-order valence-corrected chi connectivity index (χ0v) is 12.2. The summed E-state index contributed by atoms with van der Waals surface area (Å²) in [5.74, 6) is 1.15. The standard InChI is InChI=1S/C11H19N5O2S/c1-14-4-6-15(7-5-14)16-9-11(18-13-16)12-10(17)3-8-19-2/h9H,3-8H2,1-2H3/p+1. The summed E-state index contributed by atoms with van der Waals surface area (Å²) >= 11 is 1.64. The fourth-order valence-corrected chi connectivity index (χ4v) is 2.21. The molecule has 0 aromatic carbocycles. The summed E-state index contributed by atoms with van der Waals surface area (Å²) in [4.78, 5) is 15.5. The fourth-order valence-electron chi connectivity index (χ4n) is 1.82. The van der Waals surface area contributed by atoms with Crippen LogP contribution in [0.5, 0.6) is 0 Å². The van der Waals surface area contributed by atoms with Crippen molar-refractivity contribution in [1.29, 1.82) is 0 Å². The Balaban J connectivity index is 1.86. The molecule has 1 fully saturated rings. The molecule has 19 heavy (non-hydrogen) atoms. The van der Waals surface area contributed by atoms with Crippen LogP contribution in [0.25, 0.3) is 0 Å². The smallest absolute Gasteiger partial charge is 0.302 e. The van der Waals surface area contributed by atoms with Gasteiger partial charge in [0, 0.05) is 25.3 Å². The van der Waals surface area contributed by atoms with Crippen molar-refractivity contribution in [1.82, 2.24) is 10.2 Å². The van der Waals surface area contributed by atoms with E-state index in [2.05, 4.69) is 27.5 Å². The SMILES string of the molecule is CSCCC(=O)Nc1c[n+](N2CCN(C)CC2)no1. The van der Waals surface area contributed by atoms with E-state index in [4.69, 9.17) is 4.52 Å². The van der Waals surface area contributed by atoms with Crippen LogP contribution in [0.1, 0.15) is 6.42 Å². The van der Waals surface area contributed by atoms with Crippen LogP contribution >= 0.6 is 11.8 Å². The lowest BCUT2D eigenvalue weighted by atomic mass is 10.4. The van der Waals surface area contributed by atoms with Crippen LogP contribution < -0.4 is 15.1 Å². The van der Waals surface area contributed by atoms with Crippen LogP contribution in [0.3, 0.4) is 0 Å². The molecule has 1 aliphatic rings. The predicted octanol–water partition coefficient (Wildman–Crippen LogP) is -0.463. The maximum absolute atomic E-state index is 11.6. The van der Waals surface area contributed by atoms with Gasteiger partial charge in [-0.3, -0.25) is 14.6 Å². The van der Waals surface area contributed by atoms with Crippen LogP contribution in [0.2, 0.25) is 0 Å². The molecule has 0 atom stereocenters. The average Bonchev–Trinajstić information content (AvgIpc) is 2.85. The molecule has 0 saturated carbocycles. The molecule has 8 heteroatoms. The summed E-state index contributed by atoms with van der Waals surface area (Å²) in [6.45, 7) is 3.78. The van der Waals surface area contributed by atoms with Gasteiger partial charge in [-0.15, -0.1) is 0 Å². The zero-order chi connectivity index (χ0) is 13.7. The first kappa shape index (κ1) is 14.1. The number of hydrogen-bond donors (Lipinski definition) is 1. The molecule has 106 valence electrons. The average molecular weight is 286 g/mol. The highest BCUT2D eigenvalue weighted by Gasteiger charge is 2.24. The van der Waals surface area contributed by atoms with Gasteiger partial charge < -0.3 is 4.90 Å². The largest absolute Gasteiger partial charge is 0.305 e. The van der Waals surface area contributed by atoms with Crippen LogP contribution in [-0.4, -0.2) is 61.3 Å². The van der Waals surface area contributed by atoms with Crippen LogP contribution in [0.4, 0.5) is 5.88 Å². The van der Waals surface area contributed by atoms with Gasteiger partial charge in [-0.05, 0) is 13.3 Å². The molecule has 2 rings (SSSR count). The highest BCUT2D eigenvalue weighted by molar-refractivity contribution is 7.98. The van der Waals surface area contributed by atoms with E-state index in [1.807, 2.05) is 6.26 Å². The third-order valence-electron chi connectivity index (χ3n) is 3.02. The van der Waals surface area contributed by atoms with Gasteiger partial charge in [0.25, 0.3) is 6.20 Å². The van der Waals surface area contributed by atoms with Crippen LogP contribution in [0, 0.1) is 0 Å². The Kier molecular flexibility index (Phi) is 5.03. The van der Waals surface area contributed by atoms with Crippen molar-refractivity contribution in [3.05, 3.63) is 6.20 Å². The van der Waals surface area contributed by atoms with Crippen molar-refractivity contribution >= 4 is 23.6 Å². The molecule has 0 spiro atoms. The summed E-state index contributed by atoms with van der Waals surface area (Å²) in [6, 6.07) is 0. The molecule has 0 unspecified atom stereocenters. The molecular formula is C11H20N5O2S+. The van der Waals surface area contributed by atoms with Crippen molar-refractivity contribution in [3.63, 3.8) is 0 Å². The number of nitrogens with zero attached hydrogens (tertiary/aromatic N) is 4. The van der Waals surface area contributed by atoms with E-state index < -0.39 is 0 Å². The molecule has 1 N–H and O–H groups in total. The van der Waals surface area contributed by atoms with E-state index in [-0.39, 0.29) is 5.91 Å². The number of carbonyl (C=O) groups excluding carboxylic acids is 1. The van der Waals surface area contributed by atoms with Gasteiger partial charge >= 0.3 is 5.88 Å². The van der Waals surface area contributed by atoms with E-state index >= 15 is 0 Å². The number of piperazine rings is 1. The van der Waals surface area contributed by atoms with Gasteiger partial charge in [0.2, 0.25) is 11.2 Å². The van der Waals surface area contributed by atoms with Gasteiger partial charge in [-0.25, -0.2) is 0 Å². The maximum Gasteiger partial charge on any atom is 0.305 e. The lowest BCUT2D eigenvalue weighted by Gasteiger charge is -2.26. The molecule has 1 saturated heterocycles. The molecule has 1 amide bonds. The Labute approximate surface area is 116 Å². The molecule has 0 bridgehead atoms. The number of amides is 1. The summed E-state index contributed by atoms with van der Waals surface area (Å²) in [7, 11) is 2.10. The van der Waals surface area contributed by atoms with Gasteiger partial charge in [0.05, 0.1) is 17.9 Å². The Morgan fingerprint density at radius 2 is 2.26 bits per heavy atom. The first-order valence-corrected chi connectivity index (χ1v) is 7.69. The number of carbonyl (C=O) groups is 1. The Morgan fingerprint density at radius 3 is 2.95 bits per heavy atom. The summed E-state index contributed by atoms with van der Waals surface area (Å²) in [5.41, 5.74) is 0. The fraction of sp³-hybridized carbons (Fsp3) is 0.727. The first-order chi connectivity index (χ1) is 9.19. The molecule has 1 aliphatic heterocycles. The highest BCUT2D eigenvalue weighted by atomic mass is 32.2. The van der Waals surface area contributed by atoms with Gasteiger partial charge in [0.15, 0.2) is 0 Å². The van der Waals surface area contributed by atoms with E-state index in [1.54, 1.807) is 22.7 Å². The Morgan fingerprint density at radius 1 is 1.53 bits per heavy atom. The minimum atomic E-state index is -0.0453. The normalized spacial score (nSPS) is 16.6. The second-order valence-corrected chi connectivity index (χ2v) is 5.52. The van der Waals surface area contributed by atoms with Crippen LogP contribution in [-0.2, 0) is 4.79 Å². The summed E-state index contributed by atoms with van der Waals surface area (Å²) in [6.07, 6.45) is 4.17. The molecule has 1 aromatic heterocycles. The minimum Gasteiger partial charge on any atom is -0.302 e. The molecule has 0 aliphatic carbocycles. The van der Waals surface area contributed by atoms with Gasteiger partial charge in [-0.1, -0.05) is 0 Å². The molecule has 7 nitrogen and oxygen atoms in total. The Bertz CT molecular complexity index is 417. The minimum absolute atomic E-state index is 0.0453. The van der Waals surface area contributed by atoms with Crippen molar-refractivity contribution in [3.8, 4) is 0 Å². The topological polar surface area (TPSA) is 65.5 Å². The Hall–Kier alpha value is -1.28. The van der Waals surface area contributed by atoms with Crippen molar-refractivity contribution in [2.24, 2.45) is 0 Å². The van der Waals surface area contributed by atoms with Crippen molar-refractivity contribution in [2.75, 3.05) is 55.6 Å². The maximum atomic E-state index is 11.6. The van der Waals surface area contributed by atoms with E-state index in [9.17, 15) is 4.79 Å². The monoisotopic (exact) mass is 286 g/mol. The third kappa shape index (κ3) is 4.10. The zero-order valence-electron chi connectivity index (χ0n) is 11.3. The highest BCUT2D eigenvalue weighted by Crippen LogP contribution is 2.04. The summed E-state index contributed by atoms with van der Waals surface area (Å²) in [5, 5.41) is 8.72.